The van der Waals surface area contributed by atoms with Gasteiger partial charge in [0.2, 0.25) is 0 Å². The SMILES string of the molecule is COc1ccc2c(c1)CCN(CCc1ccccc1)C2Cc1ccc(OCc2ccccc2)cc1. The summed E-state index contributed by atoms with van der Waals surface area (Å²) in [6, 6.07) is 36.7. The topological polar surface area (TPSA) is 21.7 Å². The fourth-order valence-corrected chi connectivity index (χ4v) is 4.98. The van der Waals surface area contributed by atoms with Crippen LogP contribution in [0.5, 0.6) is 11.5 Å². The number of ether oxygens (including phenoxy) is 2. The molecule has 0 bridgehead atoms. The van der Waals surface area contributed by atoms with E-state index in [1.807, 2.05) is 18.2 Å². The van der Waals surface area contributed by atoms with Crippen molar-refractivity contribution >= 4 is 0 Å². The number of hydrogen-bond acceptors (Lipinski definition) is 3. The van der Waals surface area contributed by atoms with Crippen molar-refractivity contribution in [3.63, 3.8) is 0 Å². The van der Waals surface area contributed by atoms with Crippen LogP contribution in [0.2, 0.25) is 0 Å². The Morgan fingerprint density at radius 2 is 1.43 bits per heavy atom. The Hall–Kier alpha value is -3.56. The lowest BCUT2D eigenvalue weighted by atomic mass is 9.88. The predicted molar refractivity (Wildman–Crippen MR) is 142 cm³/mol. The van der Waals surface area contributed by atoms with Gasteiger partial charge in [-0.25, -0.2) is 0 Å². The molecule has 0 N–H and O–H groups in total. The Balaban J connectivity index is 1.31. The number of fused-ring (bicyclic) bond motifs is 1. The van der Waals surface area contributed by atoms with Crippen LogP contribution in [0.15, 0.2) is 103 Å². The smallest absolute Gasteiger partial charge is 0.119 e. The molecule has 178 valence electrons. The maximum atomic E-state index is 6.00. The molecule has 0 fully saturated rings. The van der Waals surface area contributed by atoms with Crippen LogP contribution in [0.1, 0.15) is 33.9 Å². The zero-order valence-corrected chi connectivity index (χ0v) is 20.4. The van der Waals surface area contributed by atoms with Crippen molar-refractivity contribution in [1.29, 1.82) is 0 Å². The van der Waals surface area contributed by atoms with Gasteiger partial charge in [0.25, 0.3) is 0 Å². The van der Waals surface area contributed by atoms with Gasteiger partial charge in [-0.1, -0.05) is 78.9 Å². The summed E-state index contributed by atoms with van der Waals surface area (Å²) in [5.74, 6) is 1.85. The summed E-state index contributed by atoms with van der Waals surface area (Å²) in [4.78, 5) is 2.65. The van der Waals surface area contributed by atoms with Gasteiger partial charge >= 0.3 is 0 Å². The Kier molecular flexibility index (Phi) is 7.45. The third kappa shape index (κ3) is 5.93. The molecule has 0 saturated carbocycles. The van der Waals surface area contributed by atoms with E-state index in [4.69, 9.17) is 9.47 Å². The minimum atomic E-state index is 0.351. The Morgan fingerprint density at radius 1 is 0.743 bits per heavy atom. The van der Waals surface area contributed by atoms with Gasteiger partial charge in [-0.15, -0.1) is 0 Å². The zero-order valence-electron chi connectivity index (χ0n) is 20.4. The van der Waals surface area contributed by atoms with Gasteiger partial charge in [0.15, 0.2) is 0 Å². The van der Waals surface area contributed by atoms with Crippen LogP contribution >= 0.6 is 0 Å². The molecule has 1 heterocycles. The monoisotopic (exact) mass is 463 g/mol. The standard InChI is InChI=1S/C32H33NO2/c1-34-30-16-17-31-28(23-30)19-21-33(20-18-25-8-4-2-5-9-25)32(31)22-26-12-14-29(15-13-26)35-24-27-10-6-3-7-11-27/h2-17,23,32H,18-22,24H2,1H3. The second-order valence-electron chi connectivity index (χ2n) is 9.22. The Bertz CT molecular complexity index is 1210. The molecule has 4 aromatic carbocycles. The van der Waals surface area contributed by atoms with Crippen LogP contribution in [-0.2, 0) is 25.9 Å². The van der Waals surface area contributed by atoms with E-state index in [1.165, 1.54) is 27.8 Å². The third-order valence-corrected chi connectivity index (χ3v) is 6.95. The molecule has 0 spiro atoms. The molecule has 5 rings (SSSR count). The molecule has 0 amide bonds. The molecule has 0 radical (unpaired) electrons. The summed E-state index contributed by atoms with van der Waals surface area (Å²) in [6.45, 7) is 2.71. The summed E-state index contributed by atoms with van der Waals surface area (Å²) >= 11 is 0. The Morgan fingerprint density at radius 3 is 2.14 bits per heavy atom. The fraction of sp³-hybridized carbons (Fsp3) is 0.250. The van der Waals surface area contributed by atoms with E-state index in [0.29, 0.717) is 12.6 Å². The van der Waals surface area contributed by atoms with E-state index in [9.17, 15) is 0 Å². The average molecular weight is 464 g/mol. The predicted octanol–water partition coefficient (Wildman–Crippen LogP) is 6.66. The molecule has 0 aromatic heterocycles. The average Bonchev–Trinajstić information content (AvgIpc) is 2.93. The van der Waals surface area contributed by atoms with Crippen molar-refractivity contribution in [2.75, 3.05) is 20.2 Å². The van der Waals surface area contributed by atoms with Crippen molar-refractivity contribution in [2.24, 2.45) is 0 Å². The molecular weight excluding hydrogens is 430 g/mol. The Labute approximate surface area is 209 Å². The van der Waals surface area contributed by atoms with Crippen LogP contribution in [-0.4, -0.2) is 25.1 Å². The maximum absolute atomic E-state index is 6.00. The summed E-state index contributed by atoms with van der Waals surface area (Å²) in [5.41, 5.74) is 6.74. The molecule has 1 aliphatic rings. The van der Waals surface area contributed by atoms with E-state index in [-0.39, 0.29) is 0 Å². The lowest BCUT2D eigenvalue weighted by Gasteiger charge is -2.38. The van der Waals surface area contributed by atoms with Crippen molar-refractivity contribution in [3.8, 4) is 11.5 Å². The van der Waals surface area contributed by atoms with E-state index in [2.05, 4.69) is 89.8 Å². The van der Waals surface area contributed by atoms with E-state index < -0.39 is 0 Å². The quantitative estimate of drug-likeness (QED) is 0.277. The van der Waals surface area contributed by atoms with Crippen LogP contribution in [0.4, 0.5) is 0 Å². The second kappa shape index (κ2) is 11.2. The van der Waals surface area contributed by atoms with Crippen molar-refractivity contribution in [1.82, 2.24) is 4.90 Å². The number of methoxy groups -OCH3 is 1. The first-order valence-corrected chi connectivity index (χ1v) is 12.5. The van der Waals surface area contributed by atoms with E-state index in [1.54, 1.807) is 7.11 Å². The van der Waals surface area contributed by atoms with E-state index in [0.717, 1.165) is 43.9 Å². The molecule has 0 saturated heterocycles. The van der Waals surface area contributed by atoms with Gasteiger partial charge in [-0.3, -0.25) is 4.90 Å². The van der Waals surface area contributed by atoms with E-state index >= 15 is 0 Å². The summed E-state index contributed by atoms with van der Waals surface area (Å²) < 4.78 is 11.5. The normalized spacial score (nSPS) is 15.4. The highest BCUT2D eigenvalue weighted by Gasteiger charge is 2.27. The number of rotatable bonds is 9. The summed E-state index contributed by atoms with van der Waals surface area (Å²) in [6.07, 6.45) is 3.10. The molecule has 4 aromatic rings. The molecule has 35 heavy (non-hydrogen) atoms. The second-order valence-corrected chi connectivity index (χ2v) is 9.22. The fourth-order valence-electron chi connectivity index (χ4n) is 4.98. The molecular formula is C32H33NO2. The van der Waals surface area contributed by atoms with Crippen LogP contribution in [0, 0.1) is 0 Å². The van der Waals surface area contributed by atoms with Crippen molar-refractivity contribution in [3.05, 3.63) is 131 Å². The van der Waals surface area contributed by atoms with Gasteiger partial charge in [-0.2, -0.15) is 0 Å². The summed E-state index contributed by atoms with van der Waals surface area (Å²) in [7, 11) is 1.75. The molecule has 0 aliphatic carbocycles. The lowest BCUT2D eigenvalue weighted by molar-refractivity contribution is 0.185. The highest BCUT2D eigenvalue weighted by atomic mass is 16.5. The zero-order chi connectivity index (χ0) is 23.9. The minimum Gasteiger partial charge on any atom is -0.497 e. The van der Waals surface area contributed by atoms with Gasteiger partial charge in [0.05, 0.1) is 7.11 Å². The molecule has 3 heteroatoms. The van der Waals surface area contributed by atoms with Gasteiger partial charge in [0.1, 0.15) is 18.1 Å². The van der Waals surface area contributed by atoms with Gasteiger partial charge < -0.3 is 9.47 Å². The van der Waals surface area contributed by atoms with Crippen LogP contribution < -0.4 is 9.47 Å². The number of nitrogens with zero attached hydrogens (tertiary/aromatic N) is 1. The minimum absolute atomic E-state index is 0.351. The first kappa shape index (κ1) is 23.2. The van der Waals surface area contributed by atoms with Gasteiger partial charge in [0, 0.05) is 19.1 Å². The number of benzene rings is 4. The largest absolute Gasteiger partial charge is 0.497 e. The van der Waals surface area contributed by atoms with Crippen molar-refractivity contribution in [2.45, 2.75) is 31.9 Å². The molecule has 1 atom stereocenters. The first-order valence-electron chi connectivity index (χ1n) is 12.5. The van der Waals surface area contributed by atoms with Crippen molar-refractivity contribution < 1.29 is 9.47 Å². The van der Waals surface area contributed by atoms with Crippen LogP contribution in [0.25, 0.3) is 0 Å². The highest BCUT2D eigenvalue weighted by molar-refractivity contribution is 5.40. The summed E-state index contributed by atoms with van der Waals surface area (Å²) in [5, 5.41) is 0. The van der Waals surface area contributed by atoms with Crippen LogP contribution in [0.3, 0.4) is 0 Å². The molecule has 1 unspecified atom stereocenters. The van der Waals surface area contributed by atoms with Gasteiger partial charge in [-0.05, 0) is 71.3 Å². The first-order chi connectivity index (χ1) is 17.3. The third-order valence-electron chi connectivity index (χ3n) is 6.95. The maximum Gasteiger partial charge on any atom is 0.119 e. The highest BCUT2D eigenvalue weighted by Crippen LogP contribution is 2.35. The molecule has 3 nitrogen and oxygen atoms in total. The number of hydrogen-bond donors (Lipinski definition) is 0. The lowest BCUT2D eigenvalue weighted by Crippen LogP contribution is -2.38. The molecule has 1 aliphatic heterocycles.